The summed E-state index contributed by atoms with van der Waals surface area (Å²) in [6.07, 6.45) is 2.11. The summed E-state index contributed by atoms with van der Waals surface area (Å²) in [5, 5.41) is 0. The average Bonchev–Trinajstić information content (AvgIpc) is 2.30. The molecular weight excluding hydrogens is 224 g/mol. The van der Waals surface area contributed by atoms with E-state index in [1.54, 1.807) is 0 Å². The van der Waals surface area contributed by atoms with Crippen LogP contribution in [-0.4, -0.2) is 13.2 Å². The lowest BCUT2D eigenvalue weighted by molar-refractivity contribution is 0.246. The Hall–Kier alpha value is -1.18. The number of hydrogen-bond acceptors (Lipinski definition) is 2. The van der Waals surface area contributed by atoms with Crippen molar-refractivity contribution in [3.63, 3.8) is 0 Å². The third-order valence-electron chi connectivity index (χ3n) is 2.68. The summed E-state index contributed by atoms with van der Waals surface area (Å²) in [5.41, 5.74) is 0. The van der Waals surface area contributed by atoms with Crippen molar-refractivity contribution in [3.8, 4) is 11.5 Å². The van der Waals surface area contributed by atoms with Gasteiger partial charge in [0.05, 0.1) is 13.2 Å². The highest BCUT2D eigenvalue weighted by Gasteiger charge is 2.05. The number of ether oxygens (including phenoxy) is 2. The predicted octanol–water partition coefficient (Wildman–Crippen LogP) is 4.34. The fourth-order valence-electron chi connectivity index (χ4n) is 1.43. The highest BCUT2D eigenvalue weighted by molar-refractivity contribution is 5.38. The van der Waals surface area contributed by atoms with Gasteiger partial charge in [-0.05, 0) is 30.7 Å². The molecule has 0 N–H and O–H groups in total. The molecule has 0 aliphatic rings. The monoisotopic (exact) mass is 249 g/mol. The van der Waals surface area contributed by atoms with Crippen LogP contribution in [0, 0.1) is 17.9 Å². The summed E-state index contributed by atoms with van der Waals surface area (Å²) in [6, 6.07) is 8.84. The van der Waals surface area contributed by atoms with E-state index in [4.69, 9.17) is 9.47 Å². The minimum absolute atomic E-state index is 0.652. The first-order valence-electron chi connectivity index (χ1n) is 6.86. The third kappa shape index (κ3) is 5.95. The van der Waals surface area contributed by atoms with Crippen molar-refractivity contribution in [1.82, 2.24) is 0 Å². The van der Waals surface area contributed by atoms with Gasteiger partial charge in [-0.15, -0.1) is 0 Å². The second-order valence-electron chi connectivity index (χ2n) is 5.43. The summed E-state index contributed by atoms with van der Waals surface area (Å²) in [4.78, 5) is 0. The van der Waals surface area contributed by atoms with Crippen molar-refractivity contribution < 1.29 is 9.47 Å². The fraction of sp³-hybridized carbons (Fsp3) is 0.625. The SMILES string of the molecule is CC(C)CCOc1[c]cccc1OCCC(C)C. The molecule has 0 bridgehead atoms. The molecular formula is C16H25O2. The van der Waals surface area contributed by atoms with E-state index in [0.717, 1.165) is 37.6 Å². The standard InChI is InChI=1S/C16H25O2/c1-13(2)9-11-17-15-7-5-6-8-16(15)18-12-10-14(3)4/h5-7,13-14H,9-12H2,1-4H3. The minimum atomic E-state index is 0.652. The Bertz CT molecular complexity index is 299. The van der Waals surface area contributed by atoms with Gasteiger partial charge in [0.15, 0.2) is 11.5 Å². The summed E-state index contributed by atoms with van der Waals surface area (Å²) < 4.78 is 11.5. The highest BCUT2D eigenvalue weighted by Crippen LogP contribution is 2.26. The molecule has 2 nitrogen and oxygen atoms in total. The number of para-hydroxylation sites is 1. The van der Waals surface area contributed by atoms with Gasteiger partial charge in [-0.2, -0.15) is 0 Å². The van der Waals surface area contributed by atoms with Crippen LogP contribution in [0.15, 0.2) is 18.2 Å². The van der Waals surface area contributed by atoms with Gasteiger partial charge in [-0.1, -0.05) is 39.8 Å². The van der Waals surface area contributed by atoms with Crippen LogP contribution >= 0.6 is 0 Å². The molecule has 1 rings (SSSR count). The first-order chi connectivity index (χ1) is 8.59. The highest BCUT2D eigenvalue weighted by atomic mass is 16.5. The zero-order valence-electron chi connectivity index (χ0n) is 12.0. The summed E-state index contributed by atoms with van der Waals surface area (Å²) >= 11 is 0. The summed E-state index contributed by atoms with van der Waals surface area (Å²) in [5.74, 6) is 2.85. The Morgan fingerprint density at radius 3 is 2.22 bits per heavy atom. The predicted molar refractivity (Wildman–Crippen MR) is 75.2 cm³/mol. The van der Waals surface area contributed by atoms with Crippen molar-refractivity contribution >= 4 is 0 Å². The molecule has 2 heteroatoms. The Kier molecular flexibility index (Phi) is 6.63. The van der Waals surface area contributed by atoms with E-state index in [-0.39, 0.29) is 0 Å². The molecule has 0 saturated heterocycles. The lowest BCUT2D eigenvalue weighted by Gasteiger charge is -2.13. The minimum Gasteiger partial charge on any atom is -0.490 e. The van der Waals surface area contributed by atoms with Crippen LogP contribution in [-0.2, 0) is 0 Å². The normalized spacial score (nSPS) is 11.0. The fourth-order valence-corrected chi connectivity index (χ4v) is 1.43. The van der Waals surface area contributed by atoms with Crippen molar-refractivity contribution in [2.45, 2.75) is 40.5 Å². The van der Waals surface area contributed by atoms with E-state index in [9.17, 15) is 0 Å². The molecule has 0 heterocycles. The molecule has 1 aromatic rings. The van der Waals surface area contributed by atoms with Gasteiger partial charge in [-0.25, -0.2) is 0 Å². The second kappa shape index (κ2) is 8.02. The summed E-state index contributed by atoms with van der Waals surface area (Å²) in [7, 11) is 0. The molecule has 0 fully saturated rings. The van der Waals surface area contributed by atoms with Crippen molar-refractivity contribution in [1.29, 1.82) is 0 Å². The lowest BCUT2D eigenvalue weighted by atomic mass is 10.1. The molecule has 0 spiro atoms. The number of benzene rings is 1. The van der Waals surface area contributed by atoms with Crippen molar-refractivity contribution in [3.05, 3.63) is 24.3 Å². The van der Waals surface area contributed by atoms with Gasteiger partial charge >= 0.3 is 0 Å². The van der Waals surface area contributed by atoms with Crippen LogP contribution in [0.4, 0.5) is 0 Å². The Morgan fingerprint density at radius 1 is 1.00 bits per heavy atom. The Labute approximate surface area is 111 Å². The largest absolute Gasteiger partial charge is 0.490 e. The van der Waals surface area contributed by atoms with Crippen LogP contribution in [0.5, 0.6) is 11.5 Å². The van der Waals surface area contributed by atoms with Crippen LogP contribution in [0.3, 0.4) is 0 Å². The molecule has 1 radical (unpaired) electrons. The Balaban J connectivity index is 2.45. The molecule has 0 amide bonds. The zero-order valence-corrected chi connectivity index (χ0v) is 12.0. The maximum Gasteiger partial charge on any atom is 0.169 e. The molecule has 0 aromatic heterocycles. The van der Waals surface area contributed by atoms with Crippen LogP contribution in [0.2, 0.25) is 0 Å². The molecule has 18 heavy (non-hydrogen) atoms. The second-order valence-corrected chi connectivity index (χ2v) is 5.43. The number of rotatable bonds is 8. The first-order valence-corrected chi connectivity index (χ1v) is 6.86. The quantitative estimate of drug-likeness (QED) is 0.682. The number of hydrogen-bond donors (Lipinski definition) is 0. The van der Waals surface area contributed by atoms with Gasteiger partial charge < -0.3 is 9.47 Å². The molecule has 101 valence electrons. The zero-order chi connectivity index (χ0) is 13.4. The van der Waals surface area contributed by atoms with E-state index >= 15 is 0 Å². The van der Waals surface area contributed by atoms with Crippen molar-refractivity contribution in [2.24, 2.45) is 11.8 Å². The maximum absolute atomic E-state index is 5.75. The van der Waals surface area contributed by atoms with Crippen LogP contribution < -0.4 is 9.47 Å². The molecule has 0 unspecified atom stereocenters. The topological polar surface area (TPSA) is 18.5 Å². The van der Waals surface area contributed by atoms with Gasteiger partial charge in [0.1, 0.15) is 0 Å². The van der Waals surface area contributed by atoms with Crippen LogP contribution in [0.25, 0.3) is 0 Å². The van der Waals surface area contributed by atoms with E-state index in [0.29, 0.717) is 11.8 Å². The smallest absolute Gasteiger partial charge is 0.169 e. The average molecular weight is 249 g/mol. The third-order valence-corrected chi connectivity index (χ3v) is 2.68. The van der Waals surface area contributed by atoms with Gasteiger partial charge in [0.2, 0.25) is 0 Å². The molecule has 0 saturated carbocycles. The van der Waals surface area contributed by atoms with E-state index in [1.165, 1.54) is 0 Å². The van der Waals surface area contributed by atoms with Crippen molar-refractivity contribution in [2.75, 3.05) is 13.2 Å². The van der Waals surface area contributed by atoms with E-state index in [2.05, 4.69) is 33.8 Å². The van der Waals surface area contributed by atoms with Crippen LogP contribution in [0.1, 0.15) is 40.5 Å². The van der Waals surface area contributed by atoms with E-state index in [1.807, 2.05) is 18.2 Å². The summed E-state index contributed by atoms with van der Waals surface area (Å²) in [6.45, 7) is 10.2. The molecule has 1 aromatic carbocycles. The Morgan fingerprint density at radius 2 is 1.61 bits per heavy atom. The lowest BCUT2D eigenvalue weighted by Crippen LogP contribution is -2.05. The van der Waals surface area contributed by atoms with Gasteiger partial charge in [0, 0.05) is 6.07 Å². The van der Waals surface area contributed by atoms with E-state index < -0.39 is 0 Å². The van der Waals surface area contributed by atoms with Gasteiger partial charge in [-0.3, -0.25) is 0 Å². The molecule has 0 aliphatic heterocycles. The molecule has 0 aliphatic carbocycles. The molecule has 0 atom stereocenters. The first kappa shape index (κ1) is 14.9. The maximum atomic E-state index is 5.75. The van der Waals surface area contributed by atoms with Gasteiger partial charge in [0.25, 0.3) is 0 Å².